The summed E-state index contributed by atoms with van der Waals surface area (Å²) in [6.45, 7) is 2.49. The number of halogens is 1. The number of hydrogen-bond acceptors (Lipinski definition) is 7. The Morgan fingerprint density at radius 1 is 0.943 bits per heavy atom. The molecule has 8 heteroatoms. The molecule has 5 rings (SSSR count). The molecular formula is C27H27ClN2O5. The van der Waals surface area contributed by atoms with Crippen LogP contribution in [0.2, 0.25) is 5.02 Å². The van der Waals surface area contributed by atoms with Gasteiger partial charge in [0.15, 0.2) is 11.5 Å². The molecule has 0 spiro atoms. The molecule has 2 heterocycles. The van der Waals surface area contributed by atoms with Crippen LogP contribution in [0.15, 0.2) is 59.7 Å². The quantitative estimate of drug-likeness (QED) is 0.401. The molecular weight excluding hydrogens is 468 g/mol. The maximum atomic E-state index is 6.50. The molecule has 0 radical (unpaired) electrons. The summed E-state index contributed by atoms with van der Waals surface area (Å²) in [4.78, 5) is 0. The van der Waals surface area contributed by atoms with E-state index < -0.39 is 6.23 Å². The Hall–Kier alpha value is -3.58. The zero-order valence-electron chi connectivity index (χ0n) is 20.1. The van der Waals surface area contributed by atoms with Crippen molar-refractivity contribution in [1.82, 2.24) is 5.01 Å². The first-order valence-electron chi connectivity index (χ1n) is 11.4. The number of hydrogen-bond donors (Lipinski definition) is 0. The molecule has 0 bridgehead atoms. The van der Waals surface area contributed by atoms with Gasteiger partial charge >= 0.3 is 0 Å². The number of rotatable bonds is 7. The van der Waals surface area contributed by atoms with Crippen molar-refractivity contribution in [2.45, 2.75) is 25.6 Å². The van der Waals surface area contributed by atoms with Gasteiger partial charge in [-0.25, -0.2) is 5.01 Å². The number of nitrogens with zero attached hydrogens (tertiary/aromatic N) is 2. The Kier molecular flexibility index (Phi) is 6.34. The first kappa shape index (κ1) is 23.2. The minimum Gasteiger partial charge on any atom is -0.493 e. The van der Waals surface area contributed by atoms with Crippen LogP contribution in [0, 0.1) is 0 Å². The number of para-hydroxylation sites is 1. The molecule has 0 saturated heterocycles. The molecule has 0 aliphatic carbocycles. The minimum absolute atomic E-state index is 0.0110. The third kappa shape index (κ3) is 4.00. The van der Waals surface area contributed by atoms with Crippen molar-refractivity contribution in [3.8, 4) is 28.7 Å². The average Bonchev–Trinajstić information content (AvgIpc) is 3.34. The van der Waals surface area contributed by atoms with Gasteiger partial charge in [-0.05, 0) is 48.9 Å². The fourth-order valence-electron chi connectivity index (χ4n) is 4.69. The second-order valence-electron chi connectivity index (χ2n) is 8.16. The number of hydrazone groups is 1. The summed E-state index contributed by atoms with van der Waals surface area (Å²) in [5, 5.41) is 7.58. The van der Waals surface area contributed by atoms with Crippen LogP contribution in [0.3, 0.4) is 0 Å². The summed E-state index contributed by atoms with van der Waals surface area (Å²) in [6, 6.07) is 17.6. The van der Waals surface area contributed by atoms with Crippen LogP contribution in [0.25, 0.3) is 0 Å². The van der Waals surface area contributed by atoms with E-state index in [9.17, 15) is 0 Å². The summed E-state index contributed by atoms with van der Waals surface area (Å²) in [5.74, 6) is 3.11. The van der Waals surface area contributed by atoms with Gasteiger partial charge in [-0.15, -0.1) is 0 Å². The second kappa shape index (κ2) is 9.58. The zero-order chi connectivity index (χ0) is 24.5. The lowest BCUT2D eigenvalue weighted by atomic mass is 9.95. The Balaban J connectivity index is 1.60. The SMILES string of the molecule is CCOc1ccc(C2=NN3[C@H](C2)c2ccccc2O[C@@H]3c2ccc(OC)c(OC)c2OC)cc1Cl. The van der Waals surface area contributed by atoms with E-state index >= 15 is 0 Å². The molecule has 0 N–H and O–H groups in total. The fourth-order valence-corrected chi connectivity index (χ4v) is 4.92. The van der Waals surface area contributed by atoms with E-state index in [2.05, 4.69) is 6.07 Å². The van der Waals surface area contributed by atoms with E-state index in [4.69, 9.17) is 40.4 Å². The van der Waals surface area contributed by atoms with Gasteiger partial charge in [0, 0.05) is 12.0 Å². The van der Waals surface area contributed by atoms with Crippen molar-refractivity contribution < 1.29 is 23.7 Å². The fraction of sp³-hybridized carbons (Fsp3) is 0.296. The summed E-state index contributed by atoms with van der Waals surface area (Å²) in [6.07, 6.45) is 0.178. The number of methoxy groups -OCH3 is 3. The standard InChI is InChI=1S/C27H27ClN2O5/c1-5-34-23-12-10-16(14-19(23)28)20-15-21-17-8-6-7-9-22(17)35-27(30(21)29-20)18-11-13-24(31-2)26(33-4)25(18)32-3/h6-14,21,27H,5,15H2,1-4H3/t21-,27-/m1/s1. The van der Waals surface area contributed by atoms with Crippen LogP contribution < -0.4 is 23.7 Å². The average molecular weight is 495 g/mol. The van der Waals surface area contributed by atoms with Crippen LogP contribution in [0.4, 0.5) is 0 Å². The predicted octanol–water partition coefficient (Wildman–Crippen LogP) is 6.01. The van der Waals surface area contributed by atoms with Gasteiger partial charge in [-0.3, -0.25) is 0 Å². The molecule has 0 fully saturated rings. The van der Waals surface area contributed by atoms with Gasteiger partial charge in [0.1, 0.15) is 11.5 Å². The summed E-state index contributed by atoms with van der Waals surface area (Å²) in [7, 11) is 4.79. The molecule has 0 aromatic heterocycles. The van der Waals surface area contributed by atoms with Gasteiger partial charge in [0.25, 0.3) is 0 Å². The first-order valence-corrected chi connectivity index (χ1v) is 11.8. The highest BCUT2D eigenvalue weighted by atomic mass is 35.5. The summed E-state index contributed by atoms with van der Waals surface area (Å²) in [5.41, 5.74) is 3.74. The van der Waals surface area contributed by atoms with E-state index in [0.29, 0.717) is 41.0 Å². The largest absolute Gasteiger partial charge is 0.493 e. The molecule has 35 heavy (non-hydrogen) atoms. The first-order chi connectivity index (χ1) is 17.1. The normalized spacial score (nSPS) is 18.2. The van der Waals surface area contributed by atoms with E-state index in [-0.39, 0.29) is 6.04 Å². The van der Waals surface area contributed by atoms with Crippen molar-refractivity contribution in [1.29, 1.82) is 0 Å². The Morgan fingerprint density at radius 2 is 1.71 bits per heavy atom. The van der Waals surface area contributed by atoms with Gasteiger partial charge in [-0.1, -0.05) is 29.8 Å². The predicted molar refractivity (Wildman–Crippen MR) is 134 cm³/mol. The van der Waals surface area contributed by atoms with Crippen molar-refractivity contribution in [2.75, 3.05) is 27.9 Å². The van der Waals surface area contributed by atoms with E-state index in [1.54, 1.807) is 21.3 Å². The van der Waals surface area contributed by atoms with Crippen LogP contribution in [-0.4, -0.2) is 38.7 Å². The third-order valence-corrected chi connectivity index (χ3v) is 6.56. The number of benzene rings is 3. The number of ether oxygens (including phenoxy) is 5. The smallest absolute Gasteiger partial charge is 0.217 e. The molecule has 2 aliphatic rings. The van der Waals surface area contributed by atoms with Gasteiger partial charge in [0.05, 0.1) is 50.3 Å². The summed E-state index contributed by atoms with van der Waals surface area (Å²) < 4.78 is 29.0. The Bertz CT molecular complexity index is 1280. The minimum atomic E-state index is -0.527. The maximum Gasteiger partial charge on any atom is 0.217 e. The second-order valence-corrected chi connectivity index (χ2v) is 8.56. The third-order valence-electron chi connectivity index (χ3n) is 6.26. The monoisotopic (exact) mass is 494 g/mol. The Morgan fingerprint density at radius 3 is 2.43 bits per heavy atom. The van der Waals surface area contributed by atoms with E-state index in [1.165, 1.54) is 0 Å². The highest BCUT2D eigenvalue weighted by Gasteiger charge is 2.42. The lowest BCUT2D eigenvalue weighted by Crippen LogP contribution is -2.34. The number of fused-ring (bicyclic) bond motifs is 3. The maximum absolute atomic E-state index is 6.50. The topological polar surface area (TPSA) is 61.8 Å². The zero-order valence-corrected chi connectivity index (χ0v) is 20.8. The molecule has 182 valence electrons. The lowest BCUT2D eigenvalue weighted by Gasteiger charge is -2.38. The van der Waals surface area contributed by atoms with Crippen LogP contribution in [0.1, 0.15) is 42.3 Å². The molecule has 3 aromatic carbocycles. The van der Waals surface area contributed by atoms with E-state index in [1.807, 2.05) is 60.5 Å². The van der Waals surface area contributed by atoms with Gasteiger partial charge in [0.2, 0.25) is 12.0 Å². The molecule has 0 amide bonds. The Labute approximate surface area is 209 Å². The van der Waals surface area contributed by atoms with Crippen molar-refractivity contribution in [3.05, 3.63) is 76.3 Å². The van der Waals surface area contributed by atoms with Crippen LogP contribution in [0.5, 0.6) is 28.7 Å². The molecule has 0 unspecified atom stereocenters. The van der Waals surface area contributed by atoms with Crippen LogP contribution >= 0.6 is 11.6 Å². The molecule has 0 saturated carbocycles. The van der Waals surface area contributed by atoms with E-state index in [0.717, 1.165) is 28.2 Å². The van der Waals surface area contributed by atoms with Crippen LogP contribution in [-0.2, 0) is 0 Å². The van der Waals surface area contributed by atoms with Crippen molar-refractivity contribution in [3.63, 3.8) is 0 Å². The highest BCUT2D eigenvalue weighted by molar-refractivity contribution is 6.32. The molecule has 3 aromatic rings. The molecule has 2 atom stereocenters. The van der Waals surface area contributed by atoms with Gasteiger partial charge in [-0.2, -0.15) is 5.10 Å². The highest BCUT2D eigenvalue weighted by Crippen LogP contribution is 2.51. The van der Waals surface area contributed by atoms with Crippen molar-refractivity contribution in [2.24, 2.45) is 5.10 Å². The van der Waals surface area contributed by atoms with Crippen molar-refractivity contribution >= 4 is 17.3 Å². The van der Waals surface area contributed by atoms with Gasteiger partial charge < -0.3 is 23.7 Å². The molecule has 7 nitrogen and oxygen atoms in total. The summed E-state index contributed by atoms with van der Waals surface area (Å²) >= 11 is 6.49. The molecule has 2 aliphatic heterocycles. The lowest BCUT2D eigenvalue weighted by molar-refractivity contribution is -0.0205.